The Morgan fingerprint density at radius 1 is 1.15 bits per heavy atom. The monoisotopic (exact) mass is 204 g/mol. The minimum atomic E-state index is -1.46. The summed E-state index contributed by atoms with van der Waals surface area (Å²) in [5, 5.41) is 0.244. The Morgan fingerprint density at radius 3 is 1.92 bits per heavy atom. The molecule has 0 aromatic heterocycles. The lowest BCUT2D eigenvalue weighted by molar-refractivity contribution is 0.239. The lowest BCUT2D eigenvalue weighted by Gasteiger charge is -2.30. The van der Waals surface area contributed by atoms with Crippen LogP contribution < -0.4 is 0 Å². The van der Waals surface area contributed by atoms with E-state index in [2.05, 4.69) is 27.7 Å². The Kier molecular flexibility index (Phi) is 5.84. The molecule has 0 spiro atoms. The van der Waals surface area contributed by atoms with Crippen LogP contribution in [-0.4, -0.2) is 23.5 Å². The van der Waals surface area contributed by atoms with E-state index in [0.29, 0.717) is 0 Å². The van der Waals surface area contributed by atoms with Gasteiger partial charge in [0.1, 0.15) is 0 Å². The maximum atomic E-state index is 5.41. The molecule has 0 saturated carbocycles. The highest BCUT2D eigenvalue weighted by Crippen LogP contribution is 2.35. The SMILES string of the molecule is CO[SiH](OC)C(C)(C)CCC(C)C. The molecule has 13 heavy (non-hydrogen) atoms. The molecule has 0 fully saturated rings. The zero-order valence-electron chi connectivity index (χ0n) is 9.89. The molecule has 0 heterocycles. The van der Waals surface area contributed by atoms with Gasteiger partial charge < -0.3 is 8.85 Å². The summed E-state index contributed by atoms with van der Waals surface area (Å²) in [6.45, 7) is 9.01. The molecule has 0 saturated heterocycles. The highest BCUT2D eigenvalue weighted by Gasteiger charge is 2.32. The van der Waals surface area contributed by atoms with Crippen molar-refractivity contribution in [1.29, 1.82) is 0 Å². The lowest BCUT2D eigenvalue weighted by Crippen LogP contribution is -2.33. The standard InChI is InChI=1S/C10H24O2Si/c1-9(2)7-8-10(3,4)13(11-5)12-6/h9,13H,7-8H2,1-6H3. The Hall–Kier alpha value is 0.137. The van der Waals surface area contributed by atoms with E-state index in [9.17, 15) is 0 Å². The molecule has 0 unspecified atom stereocenters. The van der Waals surface area contributed by atoms with Gasteiger partial charge in [-0.25, -0.2) is 0 Å². The second-order valence-electron chi connectivity index (χ2n) is 4.72. The van der Waals surface area contributed by atoms with Gasteiger partial charge in [0, 0.05) is 19.3 Å². The van der Waals surface area contributed by atoms with E-state index in [4.69, 9.17) is 8.85 Å². The van der Waals surface area contributed by atoms with Crippen molar-refractivity contribution in [2.45, 2.75) is 45.6 Å². The molecule has 0 N–H and O–H groups in total. The van der Waals surface area contributed by atoms with E-state index >= 15 is 0 Å². The normalized spacial score (nSPS) is 12.9. The van der Waals surface area contributed by atoms with Crippen LogP contribution in [0, 0.1) is 5.92 Å². The van der Waals surface area contributed by atoms with Gasteiger partial charge >= 0.3 is 9.28 Å². The van der Waals surface area contributed by atoms with Crippen LogP contribution in [0.2, 0.25) is 5.04 Å². The zero-order chi connectivity index (χ0) is 10.5. The first-order valence-corrected chi connectivity index (χ1v) is 6.51. The Bertz CT molecular complexity index is 131. The topological polar surface area (TPSA) is 18.5 Å². The summed E-state index contributed by atoms with van der Waals surface area (Å²) in [5.41, 5.74) is 0. The quantitative estimate of drug-likeness (QED) is 0.619. The van der Waals surface area contributed by atoms with Gasteiger partial charge in [-0.2, -0.15) is 0 Å². The van der Waals surface area contributed by atoms with E-state index in [1.165, 1.54) is 12.8 Å². The molecule has 0 aliphatic carbocycles. The van der Waals surface area contributed by atoms with Crippen molar-refractivity contribution in [2.75, 3.05) is 14.2 Å². The molecule has 0 aliphatic rings. The molecule has 2 nitrogen and oxygen atoms in total. The third-order valence-corrected chi connectivity index (χ3v) is 4.85. The minimum Gasteiger partial charge on any atom is -0.400 e. The summed E-state index contributed by atoms with van der Waals surface area (Å²) >= 11 is 0. The van der Waals surface area contributed by atoms with Gasteiger partial charge in [0.15, 0.2) is 0 Å². The third-order valence-electron chi connectivity index (χ3n) is 2.43. The third kappa shape index (κ3) is 4.79. The fourth-order valence-corrected chi connectivity index (χ4v) is 3.38. The average Bonchev–Trinajstić information content (AvgIpc) is 2.03. The van der Waals surface area contributed by atoms with Gasteiger partial charge in [0.25, 0.3) is 0 Å². The van der Waals surface area contributed by atoms with Crippen molar-refractivity contribution in [3.63, 3.8) is 0 Å². The van der Waals surface area contributed by atoms with Crippen molar-refractivity contribution in [3.05, 3.63) is 0 Å². The second kappa shape index (κ2) is 5.78. The first kappa shape index (κ1) is 13.1. The summed E-state index contributed by atoms with van der Waals surface area (Å²) < 4.78 is 10.8. The van der Waals surface area contributed by atoms with Crippen LogP contribution in [0.1, 0.15) is 40.5 Å². The number of rotatable bonds is 6. The lowest BCUT2D eigenvalue weighted by atomic mass is 10.0. The Morgan fingerprint density at radius 2 is 1.62 bits per heavy atom. The van der Waals surface area contributed by atoms with Crippen LogP contribution in [0.3, 0.4) is 0 Å². The molecular weight excluding hydrogens is 180 g/mol. The van der Waals surface area contributed by atoms with Gasteiger partial charge in [-0.05, 0) is 12.3 Å². The van der Waals surface area contributed by atoms with E-state index in [1.54, 1.807) is 14.2 Å². The Labute approximate surface area is 84.5 Å². The molecule has 0 aliphatic heterocycles. The van der Waals surface area contributed by atoms with Crippen LogP contribution in [0.4, 0.5) is 0 Å². The van der Waals surface area contributed by atoms with Gasteiger partial charge in [-0.1, -0.05) is 34.1 Å². The van der Waals surface area contributed by atoms with Crippen molar-refractivity contribution >= 4 is 9.28 Å². The Balaban J connectivity index is 4.03. The first-order chi connectivity index (χ1) is 5.94. The van der Waals surface area contributed by atoms with Crippen molar-refractivity contribution in [3.8, 4) is 0 Å². The number of hydrogen-bond acceptors (Lipinski definition) is 2. The first-order valence-electron chi connectivity index (χ1n) is 4.99. The summed E-state index contributed by atoms with van der Waals surface area (Å²) in [4.78, 5) is 0. The predicted octanol–water partition coefficient (Wildman–Crippen LogP) is 2.72. The van der Waals surface area contributed by atoms with E-state index in [0.717, 1.165) is 5.92 Å². The molecule has 0 atom stereocenters. The van der Waals surface area contributed by atoms with Crippen molar-refractivity contribution in [2.24, 2.45) is 5.92 Å². The molecule has 0 aromatic carbocycles. The van der Waals surface area contributed by atoms with Crippen molar-refractivity contribution < 1.29 is 8.85 Å². The fraction of sp³-hybridized carbons (Fsp3) is 1.00. The summed E-state index contributed by atoms with van der Waals surface area (Å²) in [7, 11) is 2.06. The van der Waals surface area contributed by atoms with Crippen LogP contribution in [-0.2, 0) is 8.85 Å². The van der Waals surface area contributed by atoms with E-state index < -0.39 is 9.28 Å². The largest absolute Gasteiger partial charge is 0.400 e. The zero-order valence-corrected chi connectivity index (χ0v) is 11.0. The maximum Gasteiger partial charge on any atom is 0.326 e. The van der Waals surface area contributed by atoms with Gasteiger partial charge in [0.05, 0.1) is 0 Å². The summed E-state index contributed by atoms with van der Waals surface area (Å²) in [6, 6.07) is 0. The van der Waals surface area contributed by atoms with E-state index in [-0.39, 0.29) is 5.04 Å². The van der Waals surface area contributed by atoms with Crippen LogP contribution in [0.25, 0.3) is 0 Å². The average molecular weight is 204 g/mol. The van der Waals surface area contributed by atoms with E-state index in [1.807, 2.05) is 0 Å². The second-order valence-corrected chi connectivity index (χ2v) is 7.89. The summed E-state index contributed by atoms with van der Waals surface area (Å²) in [6.07, 6.45) is 2.45. The maximum absolute atomic E-state index is 5.41. The highest BCUT2D eigenvalue weighted by molar-refractivity contribution is 6.48. The molecule has 0 amide bonds. The van der Waals surface area contributed by atoms with Crippen LogP contribution in [0.15, 0.2) is 0 Å². The highest BCUT2D eigenvalue weighted by atomic mass is 28.3. The molecule has 0 radical (unpaired) electrons. The van der Waals surface area contributed by atoms with Gasteiger partial charge in [-0.3, -0.25) is 0 Å². The van der Waals surface area contributed by atoms with Crippen LogP contribution >= 0.6 is 0 Å². The smallest absolute Gasteiger partial charge is 0.326 e. The summed E-state index contributed by atoms with van der Waals surface area (Å²) in [5.74, 6) is 0.766. The molecule has 0 aromatic rings. The minimum absolute atomic E-state index is 0.244. The molecule has 0 rings (SSSR count). The molecule has 0 bridgehead atoms. The molecule has 80 valence electrons. The van der Waals surface area contributed by atoms with Crippen molar-refractivity contribution in [1.82, 2.24) is 0 Å². The van der Waals surface area contributed by atoms with Gasteiger partial charge in [0.2, 0.25) is 0 Å². The van der Waals surface area contributed by atoms with Gasteiger partial charge in [-0.15, -0.1) is 0 Å². The predicted molar refractivity (Wildman–Crippen MR) is 59.3 cm³/mol. The fourth-order valence-electron chi connectivity index (χ4n) is 1.51. The molecule has 3 heteroatoms. The number of hydrogen-bond donors (Lipinski definition) is 0. The molecular formula is C10H24O2Si. The van der Waals surface area contributed by atoms with Crippen LogP contribution in [0.5, 0.6) is 0 Å².